The Balaban J connectivity index is 2.07. The molecule has 2 aliphatic rings. The van der Waals surface area contributed by atoms with Crippen molar-refractivity contribution in [1.29, 1.82) is 0 Å². The smallest absolute Gasteiger partial charge is 0.0138 e. The summed E-state index contributed by atoms with van der Waals surface area (Å²) in [7, 11) is 0. The van der Waals surface area contributed by atoms with Gasteiger partial charge in [0.15, 0.2) is 0 Å². The van der Waals surface area contributed by atoms with Crippen LogP contribution >= 0.6 is 0 Å². The van der Waals surface area contributed by atoms with Crippen molar-refractivity contribution in [3.63, 3.8) is 0 Å². The molecule has 19 heavy (non-hydrogen) atoms. The van der Waals surface area contributed by atoms with Crippen LogP contribution in [0, 0.1) is 11.8 Å². The molecule has 0 radical (unpaired) electrons. The van der Waals surface area contributed by atoms with E-state index in [1.54, 1.807) is 0 Å². The number of rotatable bonds is 5. The van der Waals surface area contributed by atoms with Crippen LogP contribution in [0.4, 0.5) is 0 Å². The van der Waals surface area contributed by atoms with Crippen LogP contribution in [0.1, 0.15) is 71.6 Å². The lowest BCUT2D eigenvalue weighted by Gasteiger charge is -2.47. The lowest BCUT2D eigenvalue weighted by Crippen LogP contribution is -2.52. The van der Waals surface area contributed by atoms with E-state index in [2.05, 4.69) is 18.7 Å². The molecular formula is C17H34N2. The Morgan fingerprint density at radius 1 is 0.842 bits per heavy atom. The Morgan fingerprint density at radius 3 is 1.89 bits per heavy atom. The largest absolute Gasteiger partial charge is 0.330 e. The molecule has 0 heterocycles. The molecule has 2 rings (SSSR count). The number of hydrogen-bond donors (Lipinski definition) is 1. The molecule has 2 fully saturated rings. The predicted octanol–water partition coefficient (Wildman–Crippen LogP) is 3.79. The van der Waals surface area contributed by atoms with E-state index in [0.717, 1.165) is 30.5 Å². The summed E-state index contributed by atoms with van der Waals surface area (Å²) in [6.07, 6.45) is 12.7. The van der Waals surface area contributed by atoms with Gasteiger partial charge in [0.2, 0.25) is 0 Å². The second-order valence-corrected chi connectivity index (χ2v) is 6.70. The van der Waals surface area contributed by atoms with Crippen molar-refractivity contribution in [2.45, 2.75) is 83.7 Å². The number of nitrogens with two attached hydrogens (primary N) is 1. The van der Waals surface area contributed by atoms with Crippen LogP contribution in [0.15, 0.2) is 0 Å². The molecule has 0 amide bonds. The van der Waals surface area contributed by atoms with Crippen LogP contribution in [0.5, 0.6) is 0 Å². The van der Waals surface area contributed by atoms with Gasteiger partial charge >= 0.3 is 0 Å². The number of nitrogens with zero attached hydrogens (tertiary/aromatic N) is 1. The van der Waals surface area contributed by atoms with Gasteiger partial charge in [0.1, 0.15) is 0 Å². The Hall–Kier alpha value is -0.0800. The second-order valence-electron chi connectivity index (χ2n) is 6.70. The van der Waals surface area contributed by atoms with Crippen molar-refractivity contribution >= 4 is 0 Å². The van der Waals surface area contributed by atoms with Gasteiger partial charge in [-0.15, -0.1) is 0 Å². The molecule has 0 aromatic rings. The zero-order valence-corrected chi connectivity index (χ0v) is 13.1. The summed E-state index contributed by atoms with van der Waals surface area (Å²) in [6, 6.07) is 1.63. The first kappa shape index (κ1) is 15.3. The molecule has 0 aromatic carbocycles. The average Bonchev–Trinajstić information content (AvgIpc) is 2.49. The van der Waals surface area contributed by atoms with Gasteiger partial charge in [0.05, 0.1) is 0 Å². The van der Waals surface area contributed by atoms with Crippen LogP contribution < -0.4 is 5.73 Å². The molecule has 2 saturated carbocycles. The fraction of sp³-hybridized carbons (Fsp3) is 1.00. The number of hydrogen-bond acceptors (Lipinski definition) is 2. The van der Waals surface area contributed by atoms with E-state index < -0.39 is 0 Å². The molecule has 0 aliphatic heterocycles. The molecule has 0 spiro atoms. The van der Waals surface area contributed by atoms with Gasteiger partial charge in [-0.1, -0.05) is 46.0 Å². The third kappa shape index (κ3) is 3.52. The first-order valence-electron chi connectivity index (χ1n) is 8.77. The summed E-state index contributed by atoms with van der Waals surface area (Å²) in [5.41, 5.74) is 6.06. The van der Waals surface area contributed by atoms with Crippen LogP contribution in [-0.4, -0.2) is 30.1 Å². The second kappa shape index (κ2) is 7.64. The summed E-state index contributed by atoms with van der Waals surface area (Å²) >= 11 is 0. The first-order chi connectivity index (χ1) is 9.31. The lowest BCUT2D eigenvalue weighted by molar-refractivity contribution is 0.0239. The SMILES string of the molecule is CCC1CCCCC1N(CC)C1CCCCC1CN. The van der Waals surface area contributed by atoms with E-state index in [0.29, 0.717) is 0 Å². The molecule has 0 aromatic heterocycles. The van der Waals surface area contributed by atoms with Gasteiger partial charge in [-0.2, -0.15) is 0 Å². The van der Waals surface area contributed by atoms with E-state index in [1.807, 2.05) is 0 Å². The third-order valence-corrected chi connectivity index (χ3v) is 5.78. The Bertz CT molecular complexity index is 230. The molecule has 2 nitrogen and oxygen atoms in total. The lowest BCUT2D eigenvalue weighted by atomic mass is 9.77. The van der Waals surface area contributed by atoms with Crippen molar-refractivity contribution < 1.29 is 0 Å². The van der Waals surface area contributed by atoms with Gasteiger partial charge in [0, 0.05) is 12.1 Å². The molecular weight excluding hydrogens is 232 g/mol. The molecule has 2 aliphatic carbocycles. The molecule has 2 N–H and O–H groups in total. The van der Waals surface area contributed by atoms with E-state index >= 15 is 0 Å². The normalized spacial score (nSPS) is 36.6. The van der Waals surface area contributed by atoms with Crippen molar-refractivity contribution in [2.24, 2.45) is 17.6 Å². The summed E-state index contributed by atoms with van der Waals surface area (Å²) in [4.78, 5) is 2.87. The average molecular weight is 266 g/mol. The maximum absolute atomic E-state index is 6.06. The summed E-state index contributed by atoms with van der Waals surface area (Å²) in [5.74, 6) is 1.70. The zero-order valence-electron chi connectivity index (χ0n) is 13.1. The first-order valence-corrected chi connectivity index (χ1v) is 8.77. The van der Waals surface area contributed by atoms with Crippen LogP contribution in [0.2, 0.25) is 0 Å². The standard InChI is InChI=1S/C17H34N2/c1-3-14-9-5-7-11-16(14)19(4-2)17-12-8-6-10-15(17)13-18/h14-17H,3-13,18H2,1-2H3. The predicted molar refractivity (Wildman–Crippen MR) is 83.2 cm³/mol. The molecule has 2 heteroatoms. The van der Waals surface area contributed by atoms with Crippen molar-refractivity contribution in [2.75, 3.05) is 13.1 Å². The zero-order chi connectivity index (χ0) is 13.7. The van der Waals surface area contributed by atoms with Crippen LogP contribution in [-0.2, 0) is 0 Å². The minimum atomic E-state index is 0.758. The minimum absolute atomic E-state index is 0.758. The van der Waals surface area contributed by atoms with E-state index in [-0.39, 0.29) is 0 Å². The van der Waals surface area contributed by atoms with E-state index in [9.17, 15) is 0 Å². The van der Waals surface area contributed by atoms with Crippen molar-refractivity contribution in [3.05, 3.63) is 0 Å². The monoisotopic (exact) mass is 266 g/mol. The van der Waals surface area contributed by atoms with E-state index in [4.69, 9.17) is 5.73 Å². The van der Waals surface area contributed by atoms with Gasteiger partial charge in [-0.05, 0) is 50.6 Å². The fourth-order valence-electron chi connectivity index (χ4n) is 4.72. The highest BCUT2D eigenvalue weighted by atomic mass is 15.2. The summed E-state index contributed by atoms with van der Waals surface area (Å²) < 4.78 is 0. The highest BCUT2D eigenvalue weighted by Gasteiger charge is 2.36. The molecule has 4 atom stereocenters. The maximum atomic E-state index is 6.06. The fourth-order valence-corrected chi connectivity index (χ4v) is 4.72. The maximum Gasteiger partial charge on any atom is 0.0138 e. The Morgan fingerprint density at radius 2 is 1.37 bits per heavy atom. The van der Waals surface area contributed by atoms with Gasteiger partial charge < -0.3 is 5.73 Å². The quantitative estimate of drug-likeness (QED) is 0.820. The van der Waals surface area contributed by atoms with Crippen molar-refractivity contribution in [1.82, 2.24) is 4.90 Å². The minimum Gasteiger partial charge on any atom is -0.330 e. The van der Waals surface area contributed by atoms with Crippen LogP contribution in [0.3, 0.4) is 0 Å². The van der Waals surface area contributed by atoms with Gasteiger partial charge in [-0.3, -0.25) is 4.90 Å². The highest BCUT2D eigenvalue weighted by Crippen LogP contribution is 2.36. The van der Waals surface area contributed by atoms with Gasteiger partial charge in [0.25, 0.3) is 0 Å². The highest BCUT2D eigenvalue weighted by molar-refractivity contribution is 4.90. The third-order valence-electron chi connectivity index (χ3n) is 5.78. The van der Waals surface area contributed by atoms with Crippen molar-refractivity contribution in [3.8, 4) is 0 Å². The Labute approximate surface area is 120 Å². The van der Waals surface area contributed by atoms with Crippen LogP contribution in [0.25, 0.3) is 0 Å². The molecule has 0 saturated heterocycles. The van der Waals surface area contributed by atoms with E-state index in [1.165, 1.54) is 64.3 Å². The molecule has 112 valence electrons. The van der Waals surface area contributed by atoms with Gasteiger partial charge in [-0.25, -0.2) is 0 Å². The Kier molecular flexibility index (Phi) is 6.15. The summed E-state index contributed by atoms with van der Waals surface area (Å²) in [5, 5.41) is 0. The molecule has 0 bridgehead atoms. The summed E-state index contributed by atoms with van der Waals surface area (Å²) in [6.45, 7) is 6.87. The topological polar surface area (TPSA) is 29.3 Å². The molecule has 4 unspecified atom stereocenters.